The van der Waals surface area contributed by atoms with Crippen molar-refractivity contribution in [1.82, 2.24) is 4.98 Å². The monoisotopic (exact) mass is 357 g/mol. The predicted octanol–water partition coefficient (Wildman–Crippen LogP) is 4.49. The van der Waals surface area contributed by atoms with Crippen LogP contribution in [0.5, 0.6) is 11.5 Å². The molecule has 1 aromatic carbocycles. The van der Waals surface area contributed by atoms with Gasteiger partial charge in [-0.3, -0.25) is 4.98 Å². The Morgan fingerprint density at radius 2 is 1.90 bits per heavy atom. The van der Waals surface area contributed by atoms with Gasteiger partial charge in [-0.15, -0.1) is 0 Å². The van der Waals surface area contributed by atoms with E-state index in [0.717, 1.165) is 6.42 Å². The Morgan fingerprint density at radius 3 is 2.57 bits per heavy atom. The molecule has 0 radical (unpaired) electrons. The number of ether oxygens (including phenoxy) is 2. The normalized spacial score (nSPS) is 10.5. The molecule has 0 amide bonds. The van der Waals surface area contributed by atoms with Crippen molar-refractivity contribution in [2.75, 3.05) is 6.61 Å². The minimum Gasteiger partial charge on any atom is -0.492 e. The van der Waals surface area contributed by atoms with Crippen molar-refractivity contribution in [2.24, 2.45) is 0 Å². The van der Waals surface area contributed by atoms with Gasteiger partial charge in [-0.2, -0.15) is 0 Å². The van der Waals surface area contributed by atoms with Crippen molar-refractivity contribution >= 4 is 15.9 Å². The highest BCUT2D eigenvalue weighted by Crippen LogP contribution is 2.23. The predicted molar refractivity (Wildman–Crippen MR) is 78.4 cm³/mol. The molecule has 1 heterocycles. The quantitative estimate of drug-likeness (QED) is 0.763. The van der Waals surface area contributed by atoms with Crippen LogP contribution in [0.2, 0.25) is 0 Å². The Hall–Kier alpha value is -1.69. The lowest BCUT2D eigenvalue weighted by Gasteiger charge is -2.09. The Morgan fingerprint density at radius 1 is 1.10 bits per heavy atom. The van der Waals surface area contributed by atoms with E-state index < -0.39 is 5.82 Å². The Kier molecular flexibility index (Phi) is 5.50. The number of hydrogen-bond acceptors (Lipinski definition) is 3. The van der Waals surface area contributed by atoms with E-state index in [-0.39, 0.29) is 22.6 Å². The SMILES string of the molecule is CCCOc1cnc(COc2ccc(F)c(Br)c2)c(F)c1. The van der Waals surface area contributed by atoms with Crippen LogP contribution in [0.15, 0.2) is 34.9 Å². The van der Waals surface area contributed by atoms with Gasteiger partial charge in [-0.1, -0.05) is 6.92 Å². The largest absolute Gasteiger partial charge is 0.492 e. The van der Waals surface area contributed by atoms with Crippen LogP contribution in [0.4, 0.5) is 8.78 Å². The first-order valence-electron chi connectivity index (χ1n) is 6.45. The molecule has 0 saturated carbocycles. The van der Waals surface area contributed by atoms with E-state index in [2.05, 4.69) is 20.9 Å². The second-order valence-corrected chi connectivity index (χ2v) is 5.17. The third kappa shape index (κ3) is 4.39. The number of benzene rings is 1. The van der Waals surface area contributed by atoms with Crippen LogP contribution in [0.25, 0.3) is 0 Å². The summed E-state index contributed by atoms with van der Waals surface area (Å²) in [5.41, 5.74) is 0.166. The van der Waals surface area contributed by atoms with E-state index in [1.807, 2.05) is 6.92 Å². The molecular weight excluding hydrogens is 344 g/mol. The summed E-state index contributed by atoms with van der Waals surface area (Å²) >= 11 is 3.06. The minimum atomic E-state index is -0.496. The average molecular weight is 358 g/mol. The smallest absolute Gasteiger partial charge is 0.151 e. The van der Waals surface area contributed by atoms with Gasteiger partial charge in [-0.05, 0) is 40.5 Å². The lowest BCUT2D eigenvalue weighted by atomic mass is 10.3. The highest BCUT2D eigenvalue weighted by Gasteiger charge is 2.08. The molecule has 0 aliphatic heterocycles. The van der Waals surface area contributed by atoms with E-state index in [9.17, 15) is 8.78 Å². The first-order valence-corrected chi connectivity index (χ1v) is 7.24. The Balaban J connectivity index is 2.01. The Bertz CT molecular complexity index is 623. The van der Waals surface area contributed by atoms with Crippen LogP contribution in [0.1, 0.15) is 19.0 Å². The lowest BCUT2D eigenvalue weighted by Crippen LogP contribution is -2.03. The highest BCUT2D eigenvalue weighted by atomic mass is 79.9. The maximum atomic E-state index is 13.8. The molecule has 0 N–H and O–H groups in total. The summed E-state index contributed by atoms with van der Waals surface area (Å²) in [6.45, 7) is 2.44. The molecule has 3 nitrogen and oxygen atoms in total. The molecule has 21 heavy (non-hydrogen) atoms. The van der Waals surface area contributed by atoms with Gasteiger partial charge in [-0.25, -0.2) is 8.78 Å². The van der Waals surface area contributed by atoms with Gasteiger partial charge in [0.15, 0.2) is 5.82 Å². The van der Waals surface area contributed by atoms with Crippen molar-refractivity contribution in [3.63, 3.8) is 0 Å². The second-order valence-electron chi connectivity index (χ2n) is 4.31. The fourth-order valence-corrected chi connectivity index (χ4v) is 1.93. The molecule has 0 fully saturated rings. The molecule has 2 rings (SSSR count). The number of nitrogens with zero attached hydrogens (tertiary/aromatic N) is 1. The van der Waals surface area contributed by atoms with Gasteiger partial charge in [0.25, 0.3) is 0 Å². The maximum absolute atomic E-state index is 13.8. The van der Waals surface area contributed by atoms with Crippen molar-refractivity contribution in [2.45, 2.75) is 20.0 Å². The summed E-state index contributed by atoms with van der Waals surface area (Å²) in [5.74, 6) is -0.0627. The molecule has 0 bridgehead atoms. The first-order chi connectivity index (χ1) is 10.1. The zero-order valence-corrected chi connectivity index (χ0v) is 13.0. The minimum absolute atomic E-state index is 0.0437. The van der Waals surface area contributed by atoms with Crippen molar-refractivity contribution in [1.29, 1.82) is 0 Å². The van der Waals surface area contributed by atoms with Crippen molar-refractivity contribution in [3.8, 4) is 11.5 Å². The van der Waals surface area contributed by atoms with E-state index in [4.69, 9.17) is 9.47 Å². The zero-order chi connectivity index (χ0) is 15.2. The van der Waals surface area contributed by atoms with Crippen LogP contribution < -0.4 is 9.47 Å². The summed E-state index contributed by atoms with van der Waals surface area (Å²) in [4.78, 5) is 3.98. The zero-order valence-electron chi connectivity index (χ0n) is 11.4. The third-order valence-corrected chi connectivity index (χ3v) is 3.24. The van der Waals surface area contributed by atoms with Crippen molar-refractivity contribution < 1.29 is 18.3 Å². The summed E-state index contributed by atoms with van der Waals surface area (Å²) < 4.78 is 37.9. The van der Waals surface area contributed by atoms with Crippen LogP contribution in [-0.2, 0) is 6.61 Å². The van der Waals surface area contributed by atoms with E-state index in [1.54, 1.807) is 0 Å². The van der Waals surface area contributed by atoms with Crippen LogP contribution in [0, 0.1) is 11.6 Å². The van der Waals surface area contributed by atoms with Crippen molar-refractivity contribution in [3.05, 3.63) is 52.3 Å². The molecule has 112 valence electrons. The van der Waals surface area contributed by atoms with E-state index >= 15 is 0 Å². The van der Waals surface area contributed by atoms with Crippen LogP contribution in [0.3, 0.4) is 0 Å². The molecule has 0 atom stereocenters. The summed E-state index contributed by atoms with van der Waals surface area (Å²) in [6, 6.07) is 5.50. The topological polar surface area (TPSA) is 31.4 Å². The van der Waals surface area contributed by atoms with Crippen LogP contribution >= 0.6 is 15.9 Å². The molecule has 0 unspecified atom stereocenters. The Labute approximate surface area is 130 Å². The molecule has 2 aromatic rings. The third-order valence-electron chi connectivity index (χ3n) is 2.63. The highest BCUT2D eigenvalue weighted by molar-refractivity contribution is 9.10. The lowest BCUT2D eigenvalue weighted by molar-refractivity contribution is 0.289. The molecule has 6 heteroatoms. The van der Waals surface area contributed by atoms with Gasteiger partial charge in [0.05, 0.1) is 17.3 Å². The molecule has 0 aliphatic carbocycles. The average Bonchev–Trinajstić information content (AvgIpc) is 2.47. The van der Waals surface area contributed by atoms with E-state index in [0.29, 0.717) is 18.1 Å². The summed E-state index contributed by atoms with van der Waals surface area (Å²) in [6.07, 6.45) is 2.30. The summed E-state index contributed by atoms with van der Waals surface area (Å²) in [5, 5.41) is 0. The number of halogens is 3. The molecule has 0 aliphatic rings. The molecule has 0 spiro atoms. The van der Waals surface area contributed by atoms with Gasteiger partial charge in [0, 0.05) is 6.07 Å². The first kappa shape index (κ1) is 15.7. The number of pyridine rings is 1. The fourth-order valence-electron chi connectivity index (χ4n) is 1.57. The van der Waals surface area contributed by atoms with Gasteiger partial charge < -0.3 is 9.47 Å². The maximum Gasteiger partial charge on any atom is 0.151 e. The van der Waals surface area contributed by atoms with Gasteiger partial charge >= 0.3 is 0 Å². The number of rotatable bonds is 6. The van der Waals surface area contributed by atoms with Gasteiger partial charge in [0.1, 0.15) is 29.6 Å². The molecule has 1 aromatic heterocycles. The number of hydrogen-bond donors (Lipinski definition) is 0. The standard InChI is InChI=1S/C15H14BrF2NO2/c1-2-5-20-11-7-14(18)15(19-8-11)9-21-10-3-4-13(17)12(16)6-10/h3-4,6-8H,2,5,9H2,1H3. The molecule has 0 saturated heterocycles. The van der Waals surface area contributed by atoms with Gasteiger partial charge in [0.2, 0.25) is 0 Å². The second kappa shape index (κ2) is 7.36. The number of aromatic nitrogens is 1. The summed E-state index contributed by atoms with van der Waals surface area (Å²) in [7, 11) is 0. The molecular formula is C15H14BrF2NO2. The van der Waals surface area contributed by atoms with E-state index in [1.165, 1.54) is 30.5 Å². The van der Waals surface area contributed by atoms with Crippen LogP contribution in [-0.4, -0.2) is 11.6 Å². The fraction of sp³-hybridized carbons (Fsp3) is 0.267.